The van der Waals surface area contributed by atoms with Crippen LogP contribution in [0.3, 0.4) is 0 Å². The van der Waals surface area contributed by atoms with Crippen molar-refractivity contribution in [1.29, 1.82) is 0 Å². The number of hydrogen-bond donors (Lipinski definition) is 1. The largest absolute Gasteiger partial charge is 0.338 e. The lowest BCUT2D eigenvalue weighted by atomic mass is 10.0. The number of carbonyl (C=O) groups excluding carboxylic acids is 1. The minimum Gasteiger partial charge on any atom is -0.338 e. The van der Waals surface area contributed by atoms with Crippen molar-refractivity contribution in [1.82, 2.24) is 10.2 Å². The summed E-state index contributed by atoms with van der Waals surface area (Å²) < 4.78 is 0. The maximum absolute atomic E-state index is 12.4. The Morgan fingerprint density at radius 1 is 1.30 bits per heavy atom. The van der Waals surface area contributed by atoms with Crippen molar-refractivity contribution < 1.29 is 4.79 Å². The van der Waals surface area contributed by atoms with Crippen LogP contribution in [0.25, 0.3) is 0 Å². The van der Waals surface area contributed by atoms with E-state index < -0.39 is 0 Å². The SMILES string of the molecule is O=C(CCC1CCNC1)N1CCCc2ccccc2C1. The molecule has 1 aromatic carbocycles. The van der Waals surface area contributed by atoms with E-state index in [0.29, 0.717) is 18.2 Å². The van der Waals surface area contributed by atoms with Crippen LogP contribution in [0.2, 0.25) is 0 Å². The molecule has 2 aliphatic heterocycles. The Labute approximate surface area is 121 Å². The Morgan fingerprint density at radius 3 is 2.95 bits per heavy atom. The highest BCUT2D eigenvalue weighted by molar-refractivity contribution is 5.76. The van der Waals surface area contributed by atoms with Crippen molar-refractivity contribution in [3.05, 3.63) is 35.4 Å². The Bertz CT molecular complexity index is 466. The van der Waals surface area contributed by atoms with Crippen molar-refractivity contribution in [2.45, 2.75) is 38.6 Å². The van der Waals surface area contributed by atoms with Crippen molar-refractivity contribution in [3.8, 4) is 0 Å². The molecule has 3 heteroatoms. The van der Waals surface area contributed by atoms with Crippen LogP contribution >= 0.6 is 0 Å². The van der Waals surface area contributed by atoms with E-state index in [-0.39, 0.29) is 0 Å². The molecule has 1 fully saturated rings. The van der Waals surface area contributed by atoms with Gasteiger partial charge in [-0.3, -0.25) is 4.79 Å². The van der Waals surface area contributed by atoms with Crippen LogP contribution in [-0.4, -0.2) is 30.4 Å². The van der Waals surface area contributed by atoms with Gasteiger partial charge in [0.2, 0.25) is 5.91 Å². The summed E-state index contributed by atoms with van der Waals surface area (Å²) in [6, 6.07) is 8.55. The fourth-order valence-electron chi connectivity index (χ4n) is 3.36. The predicted octanol–water partition coefficient (Wildman–Crippen LogP) is 2.35. The second-order valence-electron chi connectivity index (χ2n) is 6.09. The van der Waals surface area contributed by atoms with Gasteiger partial charge in [0.15, 0.2) is 0 Å². The lowest BCUT2D eigenvalue weighted by molar-refractivity contribution is -0.132. The van der Waals surface area contributed by atoms with E-state index in [9.17, 15) is 4.79 Å². The molecule has 1 aromatic rings. The third-order valence-corrected chi connectivity index (χ3v) is 4.64. The minimum absolute atomic E-state index is 0.341. The molecule has 1 atom stereocenters. The van der Waals surface area contributed by atoms with Gasteiger partial charge in [0.05, 0.1) is 0 Å². The third-order valence-electron chi connectivity index (χ3n) is 4.64. The number of nitrogens with zero attached hydrogens (tertiary/aromatic N) is 1. The van der Waals surface area contributed by atoms with Crippen molar-refractivity contribution >= 4 is 5.91 Å². The first-order valence-electron chi connectivity index (χ1n) is 7.88. The van der Waals surface area contributed by atoms with Crippen LogP contribution in [0.15, 0.2) is 24.3 Å². The summed E-state index contributed by atoms with van der Waals surface area (Å²) in [6.45, 7) is 3.93. The molecule has 0 saturated carbocycles. The zero-order valence-electron chi connectivity index (χ0n) is 12.1. The third kappa shape index (κ3) is 3.21. The van der Waals surface area contributed by atoms with Gasteiger partial charge in [-0.15, -0.1) is 0 Å². The number of benzene rings is 1. The normalized spacial score (nSPS) is 22.4. The molecular formula is C17H24N2O. The highest BCUT2D eigenvalue weighted by atomic mass is 16.2. The molecule has 2 aliphatic rings. The summed E-state index contributed by atoms with van der Waals surface area (Å²) >= 11 is 0. The van der Waals surface area contributed by atoms with Crippen LogP contribution in [0.4, 0.5) is 0 Å². The lowest BCUT2D eigenvalue weighted by Crippen LogP contribution is -2.31. The Kier molecular flexibility index (Phi) is 4.36. The quantitative estimate of drug-likeness (QED) is 0.916. The van der Waals surface area contributed by atoms with Gasteiger partial charge in [-0.1, -0.05) is 24.3 Å². The van der Waals surface area contributed by atoms with Gasteiger partial charge in [-0.05, 0) is 55.8 Å². The number of carbonyl (C=O) groups is 1. The molecule has 20 heavy (non-hydrogen) atoms. The molecule has 1 saturated heterocycles. The van der Waals surface area contributed by atoms with Crippen LogP contribution in [0.1, 0.15) is 36.8 Å². The number of aryl methyl sites for hydroxylation is 1. The van der Waals surface area contributed by atoms with E-state index in [0.717, 1.165) is 45.4 Å². The monoisotopic (exact) mass is 272 g/mol. The van der Waals surface area contributed by atoms with E-state index in [4.69, 9.17) is 0 Å². The maximum atomic E-state index is 12.4. The van der Waals surface area contributed by atoms with Crippen molar-refractivity contribution in [2.75, 3.05) is 19.6 Å². The highest BCUT2D eigenvalue weighted by Crippen LogP contribution is 2.20. The average molecular weight is 272 g/mol. The highest BCUT2D eigenvalue weighted by Gasteiger charge is 2.21. The Hall–Kier alpha value is -1.35. The van der Waals surface area contributed by atoms with Gasteiger partial charge in [0.25, 0.3) is 0 Å². The van der Waals surface area contributed by atoms with Gasteiger partial charge in [-0.25, -0.2) is 0 Å². The molecule has 3 nitrogen and oxygen atoms in total. The molecule has 0 bridgehead atoms. The zero-order chi connectivity index (χ0) is 13.8. The molecule has 2 heterocycles. The number of nitrogens with one attached hydrogen (secondary N) is 1. The second-order valence-corrected chi connectivity index (χ2v) is 6.09. The summed E-state index contributed by atoms with van der Waals surface area (Å²) in [7, 11) is 0. The second kappa shape index (κ2) is 6.40. The van der Waals surface area contributed by atoms with Gasteiger partial charge >= 0.3 is 0 Å². The van der Waals surface area contributed by atoms with E-state index in [2.05, 4.69) is 34.5 Å². The zero-order valence-corrected chi connectivity index (χ0v) is 12.1. The first kappa shape index (κ1) is 13.6. The molecule has 0 spiro atoms. The van der Waals surface area contributed by atoms with E-state index >= 15 is 0 Å². The number of amides is 1. The number of rotatable bonds is 3. The first-order chi connectivity index (χ1) is 9.83. The molecule has 1 unspecified atom stereocenters. The number of hydrogen-bond acceptors (Lipinski definition) is 2. The van der Waals surface area contributed by atoms with E-state index in [1.54, 1.807) is 0 Å². The first-order valence-corrected chi connectivity index (χ1v) is 7.88. The fraction of sp³-hybridized carbons (Fsp3) is 0.588. The predicted molar refractivity (Wildman–Crippen MR) is 80.4 cm³/mol. The summed E-state index contributed by atoms with van der Waals surface area (Å²) in [5, 5.41) is 3.37. The standard InChI is InChI=1S/C17H24N2O/c20-17(8-7-14-9-10-18-12-14)19-11-3-6-15-4-1-2-5-16(15)13-19/h1-2,4-5,14,18H,3,6-13H2. The van der Waals surface area contributed by atoms with Gasteiger partial charge in [0, 0.05) is 19.5 Å². The molecule has 0 radical (unpaired) electrons. The molecular weight excluding hydrogens is 248 g/mol. The summed E-state index contributed by atoms with van der Waals surface area (Å²) in [5.74, 6) is 1.05. The van der Waals surface area contributed by atoms with E-state index in [1.807, 2.05) is 0 Å². The Morgan fingerprint density at radius 2 is 2.15 bits per heavy atom. The topological polar surface area (TPSA) is 32.3 Å². The molecule has 1 N–H and O–H groups in total. The van der Waals surface area contributed by atoms with Gasteiger partial charge < -0.3 is 10.2 Å². The molecule has 3 rings (SSSR count). The minimum atomic E-state index is 0.341. The fourth-order valence-corrected chi connectivity index (χ4v) is 3.36. The van der Waals surface area contributed by atoms with Crippen LogP contribution < -0.4 is 5.32 Å². The summed E-state index contributed by atoms with van der Waals surface area (Å²) in [6.07, 6.45) is 5.19. The smallest absolute Gasteiger partial charge is 0.222 e. The molecule has 0 aromatic heterocycles. The average Bonchev–Trinajstić information content (AvgIpc) is 2.89. The number of fused-ring (bicyclic) bond motifs is 1. The van der Waals surface area contributed by atoms with Crippen LogP contribution in [-0.2, 0) is 17.8 Å². The van der Waals surface area contributed by atoms with Crippen molar-refractivity contribution in [3.63, 3.8) is 0 Å². The summed E-state index contributed by atoms with van der Waals surface area (Å²) in [4.78, 5) is 14.5. The Balaban J connectivity index is 1.57. The van der Waals surface area contributed by atoms with Gasteiger partial charge in [-0.2, -0.15) is 0 Å². The van der Waals surface area contributed by atoms with Crippen molar-refractivity contribution in [2.24, 2.45) is 5.92 Å². The molecule has 108 valence electrons. The molecule has 0 aliphatic carbocycles. The van der Waals surface area contributed by atoms with Crippen LogP contribution in [0, 0.1) is 5.92 Å². The lowest BCUT2D eigenvalue weighted by Gasteiger charge is -2.21. The van der Waals surface area contributed by atoms with Gasteiger partial charge in [0.1, 0.15) is 0 Å². The molecule has 1 amide bonds. The van der Waals surface area contributed by atoms with E-state index in [1.165, 1.54) is 17.5 Å². The maximum Gasteiger partial charge on any atom is 0.222 e. The van der Waals surface area contributed by atoms with Crippen LogP contribution in [0.5, 0.6) is 0 Å². The summed E-state index contributed by atoms with van der Waals surface area (Å²) in [5.41, 5.74) is 2.75.